The Balaban J connectivity index is 1.62. The van der Waals surface area contributed by atoms with Gasteiger partial charge in [-0.1, -0.05) is 25.6 Å². The summed E-state index contributed by atoms with van der Waals surface area (Å²) < 4.78 is 7.58. The van der Waals surface area contributed by atoms with Crippen molar-refractivity contribution < 1.29 is 9.53 Å². The number of aromatic nitrogens is 3. The van der Waals surface area contributed by atoms with E-state index in [9.17, 15) is 4.79 Å². The number of thioether (sulfide) groups is 1. The molecule has 1 aromatic rings. The fourth-order valence-corrected chi connectivity index (χ4v) is 3.80. The molecule has 0 bridgehead atoms. The van der Waals surface area contributed by atoms with Crippen LogP contribution in [0.3, 0.4) is 0 Å². The number of rotatable bonds is 8. The van der Waals surface area contributed by atoms with E-state index in [0.717, 1.165) is 44.0 Å². The number of carbonyl (C=O) groups is 1. The zero-order valence-electron chi connectivity index (χ0n) is 15.4. The second-order valence-corrected chi connectivity index (χ2v) is 8.31. The fraction of sp³-hybridized carbons (Fsp3) is 0.824. The minimum atomic E-state index is 0.0800. The number of ether oxygens (including phenoxy) is 1. The zero-order valence-corrected chi connectivity index (χ0v) is 16.2. The molecule has 0 aromatic carbocycles. The molecule has 0 spiro atoms. The van der Waals surface area contributed by atoms with E-state index in [2.05, 4.69) is 45.8 Å². The van der Waals surface area contributed by atoms with Crippen LogP contribution in [0.2, 0.25) is 0 Å². The van der Waals surface area contributed by atoms with E-state index < -0.39 is 0 Å². The Bertz CT molecular complexity index is 582. The molecular formula is C17H29N5O2S. The summed E-state index contributed by atoms with van der Waals surface area (Å²) in [5.74, 6) is 2.52. The van der Waals surface area contributed by atoms with Gasteiger partial charge >= 0.3 is 0 Å². The van der Waals surface area contributed by atoms with Gasteiger partial charge in [0.15, 0.2) is 5.16 Å². The molecule has 3 rings (SSSR count). The smallest absolute Gasteiger partial charge is 0.230 e. The molecule has 1 amide bonds. The van der Waals surface area contributed by atoms with E-state index >= 15 is 0 Å². The maximum atomic E-state index is 12.2. The van der Waals surface area contributed by atoms with Gasteiger partial charge in [-0.15, -0.1) is 10.2 Å². The van der Waals surface area contributed by atoms with Crippen LogP contribution in [0.5, 0.6) is 0 Å². The minimum absolute atomic E-state index is 0.0800. The lowest BCUT2D eigenvalue weighted by atomic mass is 10.2. The molecule has 0 unspecified atom stereocenters. The van der Waals surface area contributed by atoms with E-state index in [1.54, 1.807) is 0 Å². The number of hydrogen-bond acceptors (Lipinski definition) is 6. The molecule has 1 atom stereocenters. The average Bonchev–Trinajstić information content (AvgIpc) is 3.36. The molecule has 1 aromatic heterocycles. The molecule has 2 aliphatic rings. The number of nitrogens with zero attached hydrogens (tertiary/aromatic N) is 4. The first-order chi connectivity index (χ1) is 12.0. The fourth-order valence-electron chi connectivity index (χ4n) is 3.05. The quantitative estimate of drug-likeness (QED) is 0.706. The molecule has 1 aliphatic carbocycles. The summed E-state index contributed by atoms with van der Waals surface area (Å²) in [6, 6.07) is 0.283. The number of carbonyl (C=O) groups excluding carboxylic acids is 1. The Morgan fingerprint density at radius 3 is 2.64 bits per heavy atom. The van der Waals surface area contributed by atoms with Crippen molar-refractivity contribution in [2.45, 2.75) is 51.4 Å². The van der Waals surface area contributed by atoms with Crippen LogP contribution in [0.15, 0.2) is 5.16 Å². The zero-order chi connectivity index (χ0) is 17.8. The maximum absolute atomic E-state index is 12.2. The van der Waals surface area contributed by atoms with Gasteiger partial charge in [0.05, 0.1) is 19.0 Å². The lowest BCUT2D eigenvalue weighted by molar-refractivity contribution is -0.119. The van der Waals surface area contributed by atoms with Gasteiger partial charge < -0.3 is 15.0 Å². The summed E-state index contributed by atoms with van der Waals surface area (Å²) in [6.07, 6.45) is 2.47. The summed E-state index contributed by atoms with van der Waals surface area (Å²) in [6.45, 7) is 10.4. The SMILES string of the molecule is CC(C)Cn1c(SCC(=O)N[C@@H](C)C2CC2)nnc1N1CCOCC1. The number of amides is 1. The monoisotopic (exact) mass is 367 g/mol. The van der Waals surface area contributed by atoms with Gasteiger partial charge in [-0.25, -0.2) is 0 Å². The highest BCUT2D eigenvalue weighted by molar-refractivity contribution is 7.99. The molecule has 2 fully saturated rings. The number of hydrogen-bond donors (Lipinski definition) is 1. The van der Waals surface area contributed by atoms with Crippen LogP contribution in [0.1, 0.15) is 33.6 Å². The van der Waals surface area contributed by atoms with E-state index in [1.807, 2.05) is 0 Å². The minimum Gasteiger partial charge on any atom is -0.378 e. The van der Waals surface area contributed by atoms with Crippen molar-refractivity contribution in [3.05, 3.63) is 0 Å². The predicted octanol–water partition coefficient (Wildman–Crippen LogP) is 1.78. The van der Waals surface area contributed by atoms with Crippen LogP contribution >= 0.6 is 11.8 Å². The lowest BCUT2D eigenvalue weighted by Gasteiger charge is -2.28. The van der Waals surface area contributed by atoms with Crippen molar-refractivity contribution >= 4 is 23.6 Å². The van der Waals surface area contributed by atoms with E-state index in [4.69, 9.17) is 4.74 Å². The van der Waals surface area contributed by atoms with Gasteiger partial charge in [0, 0.05) is 25.7 Å². The van der Waals surface area contributed by atoms with Crippen LogP contribution in [0.4, 0.5) is 5.95 Å². The second-order valence-electron chi connectivity index (χ2n) is 7.37. The van der Waals surface area contributed by atoms with Gasteiger partial charge in [0.25, 0.3) is 0 Å². The topological polar surface area (TPSA) is 72.3 Å². The molecule has 25 heavy (non-hydrogen) atoms. The van der Waals surface area contributed by atoms with Gasteiger partial charge in [-0.05, 0) is 31.6 Å². The molecule has 7 nitrogen and oxygen atoms in total. The van der Waals surface area contributed by atoms with Crippen LogP contribution in [-0.2, 0) is 16.1 Å². The highest BCUT2D eigenvalue weighted by atomic mass is 32.2. The van der Waals surface area contributed by atoms with Crippen molar-refractivity contribution in [2.75, 3.05) is 37.0 Å². The standard InChI is InChI=1S/C17H29N5O2S/c1-12(2)10-22-16(21-6-8-24-9-7-21)19-20-17(22)25-11-15(23)18-13(3)14-4-5-14/h12-14H,4-11H2,1-3H3,(H,18,23)/t13-/m0/s1. The molecular weight excluding hydrogens is 338 g/mol. The highest BCUT2D eigenvalue weighted by Crippen LogP contribution is 2.32. The lowest BCUT2D eigenvalue weighted by Crippen LogP contribution is -2.38. The predicted molar refractivity (Wildman–Crippen MR) is 98.9 cm³/mol. The maximum Gasteiger partial charge on any atom is 0.230 e. The van der Waals surface area contributed by atoms with Gasteiger partial charge in [0.2, 0.25) is 11.9 Å². The summed E-state index contributed by atoms with van der Waals surface area (Å²) in [4.78, 5) is 14.4. The van der Waals surface area contributed by atoms with Crippen LogP contribution in [-0.4, -0.2) is 58.8 Å². The van der Waals surface area contributed by atoms with Gasteiger partial charge in [-0.2, -0.15) is 0 Å². The van der Waals surface area contributed by atoms with Gasteiger partial charge in [-0.3, -0.25) is 9.36 Å². The van der Waals surface area contributed by atoms with E-state index in [0.29, 0.717) is 17.6 Å². The number of morpholine rings is 1. The van der Waals surface area contributed by atoms with Crippen molar-refractivity contribution in [3.8, 4) is 0 Å². The summed E-state index contributed by atoms with van der Waals surface area (Å²) >= 11 is 1.48. The Hall–Kier alpha value is -1.28. The first-order valence-electron chi connectivity index (χ1n) is 9.22. The normalized spacial score (nSPS) is 19.3. The second kappa shape index (κ2) is 8.40. The van der Waals surface area contributed by atoms with E-state index in [1.165, 1.54) is 24.6 Å². The third kappa shape index (κ3) is 5.10. The summed E-state index contributed by atoms with van der Waals surface area (Å²) in [5.41, 5.74) is 0. The molecule has 1 aliphatic heterocycles. The van der Waals surface area contributed by atoms with Crippen LogP contribution in [0.25, 0.3) is 0 Å². The van der Waals surface area contributed by atoms with Crippen molar-refractivity contribution in [3.63, 3.8) is 0 Å². The molecule has 8 heteroatoms. The summed E-state index contributed by atoms with van der Waals surface area (Å²) in [5, 5.41) is 12.7. The Morgan fingerprint density at radius 2 is 2.00 bits per heavy atom. The Morgan fingerprint density at radius 1 is 1.28 bits per heavy atom. The average molecular weight is 368 g/mol. The van der Waals surface area contributed by atoms with Crippen LogP contribution in [0, 0.1) is 11.8 Å². The van der Waals surface area contributed by atoms with Crippen LogP contribution < -0.4 is 10.2 Å². The van der Waals surface area contributed by atoms with E-state index in [-0.39, 0.29) is 11.9 Å². The number of nitrogens with one attached hydrogen (secondary N) is 1. The highest BCUT2D eigenvalue weighted by Gasteiger charge is 2.29. The third-order valence-corrected chi connectivity index (χ3v) is 5.56. The first kappa shape index (κ1) is 18.5. The van der Waals surface area contributed by atoms with Gasteiger partial charge in [0.1, 0.15) is 0 Å². The first-order valence-corrected chi connectivity index (χ1v) is 10.2. The summed E-state index contributed by atoms with van der Waals surface area (Å²) in [7, 11) is 0. The third-order valence-electron chi connectivity index (χ3n) is 4.59. The Kier molecular flexibility index (Phi) is 6.22. The Labute approximate surface area is 153 Å². The molecule has 1 saturated heterocycles. The van der Waals surface area contributed by atoms with Crippen molar-refractivity contribution in [2.24, 2.45) is 11.8 Å². The molecule has 1 N–H and O–H groups in total. The number of anilines is 1. The van der Waals surface area contributed by atoms with Crippen molar-refractivity contribution in [1.29, 1.82) is 0 Å². The molecule has 2 heterocycles. The largest absolute Gasteiger partial charge is 0.378 e. The molecule has 0 radical (unpaired) electrons. The molecule has 1 saturated carbocycles. The molecule has 140 valence electrons. The van der Waals surface area contributed by atoms with Crippen molar-refractivity contribution in [1.82, 2.24) is 20.1 Å².